The van der Waals surface area contributed by atoms with Crippen LogP contribution in [0.4, 0.5) is 5.69 Å². The van der Waals surface area contributed by atoms with E-state index in [9.17, 15) is 9.59 Å². The molecule has 4 nitrogen and oxygen atoms in total. The van der Waals surface area contributed by atoms with Crippen LogP contribution in [0.3, 0.4) is 0 Å². The van der Waals surface area contributed by atoms with Crippen LogP contribution in [0.15, 0.2) is 53.0 Å². The van der Waals surface area contributed by atoms with Crippen molar-refractivity contribution in [1.29, 1.82) is 0 Å². The van der Waals surface area contributed by atoms with Gasteiger partial charge in [-0.05, 0) is 64.7 Å². The van der Waals surface area contributed by atoms with Gasteiger partial charge in [0, 0.05) is 10.2 Å². The van der Waals surface area contributed by atoms with Gasteiger partial charge in [-0.15, -0.1) is 0 Å². The number of anilines is 1. The van der Waals surface area contributed by atoms with E-state index in [2.05, 4.69) is 35.1 Å². The number of carbonyl (C=O) groups excluding carboxylic acids is 2. The van der Waals surface area contributed by atoms with Crippen LogP contribution in [0, 0.1) is 5.92 Å². The first-order chi connectivity index (χ1) is 11.5. The highest BCUT2D eigenvalue weighted by Crippen LogP contribution is 2.18. The Morgan fingerprint density at radius 3 is 2.38 bits per heavy atom. The zero-order valence-corrected chi connectivity index (χ0v) is 15.3. The zero-order chi connectivity index (χ0) is 17.5. The summed E-state index contributed by atoms with van der Waals surface area (Å²) in [5.41, 5.74) is 1.64. The standard InChI is InChI=1S/C19H20BrNO3/c1-13(2)11-12-24-19(23)14-7-9-15(10-8-14)21-18(22)16-5-3-4-6-17(16)20/h3-10,13H,11-12H2,1-2H3,(H,21,22). The molecule has 0 aliphatic rings. The SMILES string of the molecule is CC(C)CCOC(=O)c1ccc(NC(=O)c2ccccc2Br)cc1. The molecule has 0 fully saturated rings. The topological polar surface area (TPSA) is 55.4 Å². The van der Waals surface area contributed by atoms with E-state index in [4.69, 9.17) is 4.74 Å². The van der Waals surface area contributed by atoms with Crippen molar-refractivity contribution >= 4 is 33.5 Å². The van der Waals surface area contributed by atoms with Gasteiger partial charge in [-0.3, -0.25) is 4.79 Å². The third kappa shape index (κ3) is 5.20. The molecule has 0 aliphatic carbocycles. The highest BCUT2D eigenvalue weighted by atomic mass is 79.9. The molecule has 0 aromatic heterocycles. The number of hydrogen-bond acceptors (Lipinski definition) is 3. The van der Waals surface area contributed by atoms with Crippen LogP contribution in [0.25, 0.3) is 0 Å². The fourth-order valence-electron chi connectivity index (χ4n) is 2.00. The summed E-state index contributed by atoms with van der Waals surface area (Å²) in [6.07, 6.45) is 0.839. The van der Waals surface area contributed by atoms with Gasteiger partial charge in [0.25, 0.3) is 5.91 Å². The quantitative estimate of drug-likeness (QED) is 0.714. The molecule has 1 N–H and O–H groups in total. The highest BCUT2D eigenvalue weighted by molar-refractivity contribution is 9.10. The average molecular weight is 390 g/mol. The fourth-order valence-corrected chi connectivity index (χ4v) is 2.47. The summed E-state index contributed by atoms with van der Waals surface area (Å²) in [7, 11) is 0. The van der Waals surface area contributed by atoms with E-state index < -0.39 is 0 Å². The third-order valence-corrected chi connectivity index (χ3v) is 4.12. The van der Waals surface area contributed by atoms with Gasteiger partial charge in [0.05, 0.1) is 17.7 Å². The summed E-state index contributed by atoms with van der Waals surface area (Å²) in [6, 6.07) is 13.9. The van der Waals surface area contributed by atoms with Crippen molar-refractivity contribution in [2.75, 3.05) is 11.9 Å². The molecule has 2 rings (SSSR count). The second-order valence-corrected chi connectivity index (χ2v) is 6.68. The first-order valence-electron chi connectivity index (χ1n) is 7.80. The molecule has 2 aromatic rings. The Kier molecular flexibility index (Phi) is 6.55. The van der Waals surface area contributed by atoms with E-state index in [0.717, 1.165) is 10.9 Å². The zero-order valence-electron chi connectivity index (χ0n) is 13.7. The number of esters is 1. The molecule has 0 aliphatic heterocycles. The number of benzene rings is 2. The molecule has 1 amide bonds. The molecule has 0 saturated carbocycles. The molecular formula is C19H20BrNO3. The van der Waals surface area contributed by atoms with Crippen LogP contribution in [0.2, 0.25) is 0 Å². The number of amides is 1. The Balaban J connectivity index is 1.96. The van der Waals surface area contributed by atoms with E-state index in [1.54, 1.807) is 36.4 Å². The highest BCUT2D eigenvalue weighted by Gasteiger charge is 2.11. The molecular weight excluding hydrogens is 370 g/mol. The lowest BCUT2D eigenvalue weighted by atomic mass is 10.1. The van der Waals surface area contributed by atoms with Crippen molar-refractivity contribution in [3.63, 3.8) is 0 Å². The summed E-state index contributed by atoms with van der Waals surface area (Å²) in [5, 5.41) is 2.80. The molecule has 5 heteroatoms. The monoisotopic (exact) mass is 389 g/mol. The Bertz CT molecular complexity index is 711. The van der Waals surface area contributed by atoms with Crippen molar-refractivity contribution in [2.24, 2.45) is 5.92 Å². The second-order valence-electron chi connectivity index (χ2n) is 5.83. The third-order valence-electron chi connectivity index (χ3n) is 3.43. The molecule has 0 unspecified atom stereocenters. The number of carbonyl (C=O) groups is 2. The molecule has 0 saturated heterocycles. The molecule has 0 bridgehead atoms. The molecule has 0 spiro atoms. The first kappa shape index (κ1) is 18.2. The van der Waals surface area contributed by atoms with Gasteiger partial charge in [-0.25, -0.2) is 4.79 Å². The van der Waals surface area contributed by atoms with Crippen molar-refractivity contribution < 1.29 is 14.3 Å². The molecule has 0 atom stereocenters. The van der Waals surface area contributed by atoms with Gasteiger partial charge >= 0.3 is 5.97 Å². The predicted molar refractivity (Wildman–Crippen MR) is 98.3 cm³/mol. The van der Waals surface area contributed by atoms with Gasteiger partial charge in [-0.1, -0.05) is 26.0 Å². The number of hydrogen-bond donors (Lipinski definition) is 1. The van der Waals surface area contributed by atoms with Crippen LogP contribution >= 0.6 is 15.9 Å². The van der Waals surface area contributed by atoms with E-state index in [0.29, 0.717) is 29.3 Å². The van der Waals surface area contributed by atoms with E-state index in [-0.39, 0.29) is 11.9 Å². The maximum atomic E-state index is 12.2. The lowest BCUT2D eigenvalue weighted by molar-refractivity contribution is 0.0488. The lowest BCUT2D eigenvalue weighted by Gasteiger charge is -2.09. The summed E-state index contributed by atoms with van der Waals surface area (Å²) in [6.45, 7) is 4.57. The minimum atomic E-state index is -0.348. The van der Waals surface area contributed by atoms with Crippen molar-refractivity contribution in [1.82, 2.24) is 0 Å². The van der Waals surface area contributed by atoms with Crippen LogP contribution < -0.4 is 5.32 Å². The molecule has 0 heterocycles. The van der Waals surface area contributed by atoms with Crippen LogP contribution in [-0.2, 0) is 4.74 Å². The van der Waals surface area contributed by atoms with E-state index in [1.165, 1.54) is 0 Å². The number of halogens is 1. The maximum Gasteiger partial charge on any atom is 0.338 e. The van der Waals surface area contributed by atoms with E-state index in [1.807, 2.05) is 12.1 Å². The maximum absolute atomic E-state index is 12.2. The normalized spacial score (nSPS) is 10.5. The fraction of sp³-hybridized carbons (Fsp3) is 0.263. The largest absolute Gasteiger partial charge is 0.462 e. The van der Waals surface area contributed by atoms with Crippen molar-refractivity contribution in [3.8, 4) is 0 Å². The van der Waals surface area contributed by atoms with Gasteiger partial charge in [-0.2, -0.15) is 0 Å². The molecule has 2 aromatic carbocycles. The van der Waals surface area contributed by atoms with Gasteiger partial charge < -0.3 is 10.1 Å². The van der Waals surface area contributed by atoms with Crippen molar-refractivity contribution in [3.05, 3.63) is 64.1 Å². The summed E-state index contributed by atoms with van der Waals surface area (Å²) in [4.78, 5) is 24.1. The minimum Gasteiger partial charge on any atom is -0.462 e. The van der Waals surface area contributed by atoms with Gasteiger partial charge in [0.1, 0.15) is 0 Å². The first-order valence-corrected chi connectivity index (χ1v) is 8.59. The summed E-state index contributed by atoms with van der Waals surface area (Å²) < 4.78 is 5.94. The van der Waals surface area contributed by atoms with Crippen LogP contribution in [-0.4, -0.2) is 18.5 Å². The van der Waals surface area contributed by atoms with Gasteiger partial charge in [0.2, 0.25) is 0 Å². The molecule has 24 heavy (non-hydrogen) atoms. The average Bonchev–Trinajstić information content (AvgIpc) is 2.55. The van der Waals surface area contributed by atoms with Crippen LogP contribution in [0.1, 0.15) is 41.0 Å². The number of ether oxygens (including phenoxy) is 1. The Morgan fingerprint density at radius 1 is 1.08 bits per heavy atom. The Labute approximate surface area is 150 Å². The summed E-state index contributed by atoms with van der Waals surface area (Å²) in [5.74, 6) is -0.0678. The Hall–Kier alpha value is -2.14. The minimum absolute atomic E-state index is 0.213. The van der Waals surface area contributed by atoms with Crippen molar-refractivity contribution in [2.45, 2.75) is 20.3 Å². The predicted octanol–water partition coefficient (Wildman–Crippen LogP) is 4.90. The smallest absolute Gasteiger partial charge is 0.338 e. The van der Waals surface area contributed by atoms with E-state index >= 15 is 0 Å². The molecule has 126 valence electrons. The summed E-state index contributed by atoms with van der Waals surface area (Å²) >= 11 is 3.35. The number of rotatable bonds is 6. The van der Waals surface area contributed by atoms with Crippen LogP contribution in [0.5, 0.6) is 0 Å². The second kappa shape index (κ2) is 8.64. The lowest BCUT2D eigenvalue weighted by Crippen LogP contribution is -2.13. The molecule has 0 radical (unpaired) electrons. The Morgan fingerprint density at radius 2 is 1.75 bits per heavy atom. The van der Waals surface area contributed by atoms with Gasteiger partial charge in [0.15, 0.2) is 0 Å². The number of nitrogens with one attached hydrogen (secondary N) is 1.